The summed E-state index contributed by atoms with van der Waals surface area (Å²) >= 11 is 0. The zero-order chi connectivity index (χ0) is 9.14. The molecule has 0 saturated heterocycles. The zero-order valence-electron chi connectivity index (χ0n) is 8.59. The van der Waals surface area contributed by atoms with Crippen molar-refractivity contribution in [2.75, 3.05) is 13.6 Å². The number of hydrogen-bond donors (Lipinski definition) is 0. The topological polar surface area (TPSA) is 3.24 Å². The third kappa shape index (κ3) is 2.13. The molecule has 0 aliphatic carbocycles. The van der Waals surface area contributed by atoms with E-state index < -0.39 is 0 Å². The van der Waals surface area contributed by atoms with E-state index in [1.807, 2.05) is 0 Å². The largest absolute Gasteiger partial charge is 0.376 e. The molecule has 0 fully saturated rings. The summed E-state index contributed by atoms with van der Waals surface area (Å²) in [5.74, 6) is 0.647. The Bertz CT molecular complexity index is 211. The fraction of sp³-hybridized carbons (Fsp3) is 0.636. The summed E-state index contributed by atoms with van der Waals surface area (Å²) in [7, 11) is 2.14. The van der Waals surface area contributed by atoms with Crippen LogP contribution in [-0.4, -0.2) is 18.5 Å². The van der Waals surface area contributed by atoms with Crippen LogP contribution in [0.1, 0.15) is 27.2 Å². The summed E-state index contributed by atoms with van der Waals surface area (Å²) in [6.07, 6.45) is 5.78. The molecule has 68 valence electrons. The lowest BCUT2D eigenvalue weighted by molar-refractivity contribution is 0.472. The molecule has 1 nitrogen and oxygen atoms in total. The molecule has 0 spiro atoms. The maximum Gasteiger partial charge on any atom is 0.0383 e. The molecular weight excluding hydrogens is 146 g/mol. The maximum absolute atomic E-state index is 2.35. The highest BCUT2D eigenvalue weighted by Gasteiger charge is 2.09. The van der Waals surface area contributed by atoms with E-state index in [2.05, 4.69) is 45.0 Å². The Morgan fingerprint density at radius 1 is 1.50 bits per heavy atom. The second-order valence-electron chi connectivity index (χ2n) is 3.86. The van der Waals surface area contributed by atoms with Gasteiger partial charge in [-0.25, -0.2) is 0 Å². The third-order valence-corrected chi connectivity index (χ3v) is 2.31. The lowest BCUT2D eigenvalue weighted by Crippen LogP contribution is -2.19. The number of allylic oxidation sites excluding steroid dienone is 2. The predicted molar refractivity (Wildman–Crippen MR) is 53.9 cm³/mol. The van der Waals surface area contributed by atoms with E-state index in [1.165, 1.54) is 12.0 Å². The van der Waals surface area contributed by atoms with Gasteiger partial charge in [-0.15, -0.1) is 0 Å². The average Bonchev–Trinajstić information content (AvgIpc) is 2.03. The van der Waals surface area contributed by atoms with E-state index >= 15 is 0 Å². The normalized spacial score (nSPS) is 17.9. The van der Waals surface area contributed by atoms with Crippen molar-refractivity contribution >= 4 is 0 Å². The number of nitrogens with zero attached hydrogens (tertiary/aromatic N) is 1. The van der Waals surface area contributed by atoms with E-state index in [9.17, 15) is 0 Å². The molecule has 12 heavy (non-hydrogen) atoms. The van der Waals surface area contributed by atoms with Crippen molar-refractivity contribution in [2.24, 2.45) is 5.92 Å². The van der Waals surface area contributed by atoms with Crippen LogP contribution >= 0.6 is 0 Å². The first-order valence-corrected chi connectivity index (χ1v) is 4.75. The Balaban J connectivity index is 2.79. The van der Waals surface area contributed by atoms with Crippen LogP contribution in [0.4, 0.5) is 0 Å². The number of likely N-dealkylation sites (N-methyl/N-ethyl adjacent to an activating group) is 1. The van der Waals surface area contributed by atoms with Crippen LogP contribution in [0.2, 0.25) is 0 Å². The number of rotatable bonds is 2. The van der Waals surface area contributed by atoms with Gasteiger partial charge in [0, 0.05) is 19.8 Å². The Morgan fingerprint density at radius 2 is 2.17 bits per heavy atom. The molecule has 1 heteroatoms. The molecule has 0 aromatic rings. The summed E-state index contributed by atoms with van der Waals surface area (Å²) in [6.45, 7) is 7.82. The van der Waals surface area contributed by atoms with Crippen LogP contribution < -0.4 is 0 Å². The summed E-state index contributed by atoms with van der Waals surface area (Å²) < 4.78 is 0. The minimum absolute atomic E-state index is 0.647. The molecule has 0 N–H and O–H groups in total. The molecule has 1 aliphatic heterocycles. The van der Waals surface area contributed by atoms with E-state index in [1.54, 1.807) is 5.57 Å². The van der Waals surface area contributed by atoms with Crippen LogP contribution in [0.3, 0.4) is 0 Å². The molecule has 0 radical (unpaired) electrons. The smallest absolute Gasteiger partial charge is 0.0383 e. The van der Waals surface area contributed by atoms with Crippen molar-refractivity contribution in [3.63, 3.8) is 0 Å². The second-order valence-corrected chi connectivity index (χ2v) is 3.86. The Labute approximate surface area is 75.8 Å². The predicted octanol–water partition coefficient (Wildman–Crippen LogP) is 2.81. The fourth-order valence-corrected chi connectivity index (χ4v) is 1.47. The van der Waals surface area contributed by atoms with Gasteiger partial charge in [-0.3, -0.25) is 0 Å². The molecule has 0 unspecified atom stereocenters. The van der Waals surface area contributed by atoms with Gasteiger partial charge in [0.05, 0.1) is 0 Å². The van der Waals surface area contributed by atoms with Crippen molar-refractivity contribution in [2.45, 2.75) is 27.2 Å². The molecule has 0 saturated carbocycles. The SMILES string of the molecule is CCC1=CC(C(C)C)=CN(C)C1. The van der Waals surface area contributed by atoms with Crippen LogP contribution in [0.15, 0.2) is 23.4 Å². The molecule has 0 aromatic carbocycles. The quantitative estimate of drug-likeness (QED) is 0.608. The van der Waals surface area contributed by atoms with Crippen molar-refractivity contribution in [1.82, 2.24) is 4.90 Å². The molecular formula is C11H19N. The first-order chi connectivity index (χ1) is 5.63. The molecule has 1 aliphatic rings. The average molecular weight is 165 g/mol. The minimum Gasteiger partial charge on any atom is -0.376 e. The van der Waals surface area contributed by atoms with Gasteiger partial charge in [-0.2, -0.15) is 0 Å². The van der Waals surface area contributed by atoms with Crippen LogP contribution in [0.5, 0.6) is 0 Å². The lowest BCUT2D eigenvalue weighted by Gasteiger charge is -2.24. The van der Waals surface area contributed by atoms with Gasteiger partial charge in [0.25, 0.3) is 0 Å². The fourth-order valence-electron chi connectivity index (χ4n) is 1.47. The highest BCUT2D eigenvalue weighted by Crippen LogP contribution is 2.20. The first-order valence-electron chi connectivity index (χ1n) is 4.75. The highest BCUT2D eigenvalue weighted by molar-refractivity contribution is 5.29. The van der Waals surface area contributed by atoms with E-state index in [4.69, 9.17) is 0 Å². The zero-order valence-corrected chi connectivity index (χ0v) is 8.59. The monoisotopic (exact) mass is 165 g/mol. The van der Waals surface area contributed by atoms with Gasteiger partial charge >= 0.3 is 0 Å². The van der Waals surface area contributed by atoms with Crippen molar-refractivity contribution in [3.05, 3.63) is 23.4 Å². The Hall–Kier alpha value is -0.720. The molecule has 0 bridgehead atoms. The van der Waals surface area contributed by atoms with Gasteiger partial charge in [0.2, 0.25) is 0 Å². The molecule has 0 aromatic heterocycles. The third-order valence-electron chi connectivity index (χ3n) is 2.31. The minimum atomic E-state index is 0.647. The van der Waals surface area contributed by atoms with E-state index in [0.717, 1.165) is 6.54 Å². The van der Waals surface area contributed by atoms with Gasteiger partial charge in [0.15, 0.2) is 0 Å². The molecule has 1 heterocycles. The van der Waals surface area contributed by atoms with Gasteiger partial charge in [-0.05, 0) is 17.9 Å². The summed E-state index contributed by atoms with van der Waals surface area (Å²) in [5, 5.41) is 0. The highest BCUT2D eigenvalue weighted by atomic mass is 15.1. The van der Waals surface area contributed by atoms with Crippen LogP contribution in [0.25, 0.3) is 0 Å². The summed E-state index contributed by atoms with van der Waals surface area (Å²) in [4.78, 5) is 2.27. The van der Waals surface area contributed by atoms with Gasteiger partial charge in [-0.1, -0.05) is 32.4 Å². The van der Waals surface area contributed by atoms with E-state index in [0.29, 0.717) is 5.92 Å². The van der Waals surface area contributed by atoms with Crippen molar-refractivity contribution in [1.29, 1.82) is 0 Å². The summed E-state index contributed by atoms with van der Waals surface area (Å²) in [6, 6.07) is 0. The standard InChI is InChI=1S/C11H19N/c1-5-10-6-11(9(2)3)8-12(4)7-10/h6,8-9H,5,7H2,1-4H3. The Kier molecular flexibility index (Phi) is 2.96. The lowest BCUT2D eigenvalue weighted by atomic mass is 9.98. The first kappa shape index (κ1) is 9.37. The number of hydrogen-bond acceptors (Lipinski definition) is 1. The second kappa shape index (κ2) is 3.79. The van der Waals surface area contributed by atoms with Gasteiger partial charge in [0.1, 0.15) is 0 Å². The van der Waals surface area contributed by atoms with Crippen molar-refractivity contribution in [3.8, 4) is 0 Å². The molecule has 1 rings (SSSR count). The molecule has 0 atom stereocenters. The Morgan fingerprint density at radius 3 is 2.67 bits per heavy atom. The van der Waals surface area contributed by atoms with Gasteiger partial charge < -0.3 is 4.90 Å². The van der Waals surface area contributed by atoms with Crippen LogP contribution in [-0.2, 0) is 0 Å². The maximum atomic E-state index is 2.35. The molecule has 0 amide bonds. The van der Waals surface area contributed by atoms with Crippen molar-refractivity contribution < 1.29 is 0 Å². The summed E-state index contributed by atoms with van der Waals surface area (Å²) in [5.41, 5.74) is 3.00. The van der Waals surface area contributed by atoms with E-state index in [-0.39, 0.29) is 0 Å². The van der Waals surface area contributed by atoms with Crippen LogP contribution in [0, 0.1) is 5.92 Å².